The third-order valence-corrected chi connectivity index (χ3v) is 6.72. The zero-order chi connectivity index (χ0) is 25.7. The molecule has 0 saturated heterocycles. The average Bonchev–Trinajstić information content (AvgIpc) is 3.61. The molecule has 1 fully saturated rings. The first kappa shape index (κ1) is 25.4. The molecule has 3 aromatic rings. The topological polar surface area (TPSA) is 81.0 Å². The highest BCUT2D eigenvalue weighted by molar-refractivity contribution is 6.08. The highest BCUT2D eigenvalue weighted by Crippen LogP contribution is 2.37. The molecule has 1 aliphatic rings. The summed E-state index contributed by atoms with van der Waals surface area (Å²) in [5, 5.41) is 3.20. The predicted molar refractivity (Wildman–Crippen MR) is 139 cm³/mol. The van der Waals surface area contributed by atoms with E-state index in [1.54, 1.807) is 37.4 Å². The maximum atomic E-state index is 13.9. The van der Waals surface area contributed by atoms with Gasteiger partial charge in [-0.15, -0.1) is 0 Å². The Morgan fingerprint density at radius 2 is 1.61 bits per heavy atom. The van der Waals surface area contributed by atoms with Crippen LogP contribution < -0.4 is 19.7 Å². The number of nitrogens with one attached hydrogen (secondary N) is 1. The van der Waals surface area contributed by atoms with Crippen LogP contribution in [0.25, 0.3) is 0 Å². The number of amides is 2. The Bertz CT molecular complexity index is 1160. The summed E-state index contributed by atoms with van der Waals surface area (Å²) in [5.74, 6) is 0.816. The van der Waals surface area contributed by atoms with E-state index >= 15 is 0 Å². The van der Waals surface area contributed by atoms with Crippen molar-refractivity contribution in [3.05, 3.63) is 77.7 Å². The first-order valence-corrected chi connectivity index (χ1v) is 12.4. The smallest absolute Gasteiger partial charge is 0.294 e. The number of hydrogen-bond acceptors (Lipinski definition) is 5. The maximum Gasteiger partial charge on any atom is 0.294 e. The highest BCUT2D eigenvalue weighted by Gasteiger charge is 2.36. The Labute approximate surface area is 212 Å². The monoisotopic (exact) mass is 490 g/mol. The number of furan rings is 1. The molecule has 190 valence electrons. The summed E-state index contributed by atoms with van der Waals surface area (Å²) in [5.41, 5.74) is 2.36. The Hall–Kier alpha value is -3.74. The number of carbonyl (C=O) groups is 2. The second-order valence-electron chi connectivity index (χ2n) is 9.41. The van der Waals surface area contributed by atoms with Crippen LogP contribution in [0.5, 0.6) is 11.5 Å². The molecule has 2 aromatic carbocycles. The largest absolute Gasteiger partial charge is 0.493 e. The SMILES string of the molecule is COc1ccc(N(C(=O)c2ccco2)[C@@H](C(=O)NC2CCCC2)c2ccc(C(C)C)cc2)cc1OC. The molecule has 0 spiro atoms. The number of carbonyl (C=O) groups excluding carboxylic acids is 2. The zero-order valence-electron chi connectivity index (χ0n) is 21.3. The minimum atomic E-state index is -0.914. The predicted octanol–water partition coefficient (Wildman–Crippen LogP) is 5.87. The summed E-state index contributed by atoms with van der Waals surface area (Å²) >= 11 is 0. The van der Waals surface area contributed by atoms with Crippen LogP contribution in [0.15, 0.2) is 65.3 Å². The number of methoxy groups -OCH3 is 2. The van der Waals surface area contributed by atoms with E-state index in [2.05, 4.69) is 19.2 Å². The average molecular weight is 491 g/mol. The van der Waals surface area contributed by atoms with Crippen molar-refractivity contribution in [2.75, 3.05) is 19.1 Å². The Morgan fingerprint density at radius 1 is 0.944 bits per heavy atom. The molecule has 2 amide bonds. The van der Waals surface area contributed by atoms with Gasteiger partial charge < -0.3 is 19.2 Å². The van der Waals surface area contributed by atoms with E-state index in [4.69, 9.17) is 13.9 Å². The van der Waals surface area contributed by atoms with Crippen LogP contribution >= 0.6 is 0 Å². The molecular formula is C29H34N2O5. The third-order valence-electron chi connectivity index (χ3n) is 6.72. The summed E-state index contributed by atoms with van der Waals surface area (Å²) < 4.78 is 16.4. The van der Waals surface area contributed by atoms with Crippen LogP contribution in [0.2, 0.25) is 0 Å². The van der Waals surface area contributed by atoms with Gasteiger partial charge in [0.2, 0.25) is 5.91 Å². The standard InChI is InChI=1S/C29H34N2O5/c1-19(2)20-11-13-21(14-12-20)27(28(32)30-22-8-5-6-9-22)31(29(33)25-10-7-17-36-25)23-15-16-24(34-3)26(18-23)35-4/h7,10-19,22,27H,5-6,8-9H2,1-4H3,(H,30,32)/t27-/m1/s1. The van der Waals surface area contributed by atoms with Crippen LogP contribution in [-0.4, -0.2) is 32.1 Å². The van der Waals surface area contributed by atoms with Gasteiger partial charge in [0.05, 0.1) is 20.5 Å². The second kappa shape index (κ2) is 11.3. The van der Waals surface area contributed by atoms with E-state index in [1.807, 2.05) is 24.3 Å². The maximum absolute atomic E-state index is 13.9. The van der Waals surface area contributed by atoms with Gasteiger partial charge in [-0.1, -0.05) is 51.0 Å². The van der Waals surface area contributed by atoms with Crippen LogP contribution in [0.1, 0.15) is 73.2 Å². The van der Waals surface area contributed by atoms with E-state index in [9.17, 15) is 9.59 Å². The lowest BCUT2D eigenvalue weighted by Gasteiger charge is -2.32. The van der Waals surface area contributed by atoms with Crippen molar-refractivity contribution in [3.8, 4) is 11.5 Å². The first-order valence-electron chi connectivity index (χ1n) is 12.4. The molecule has 0 aliphatic heterocycles. The molecule has 1 aromatic heterocycles. The minimum absolute atomic E-state index is 0.0981. The summed E-state index contributed by atoms with van der Waals surface area (Å²) in [4.78, 5) is 29.2. The molecule has 1 saturated carbocycles. The minimum Gasteiger partial charge on any atom is -0.493 e. The summed E-state index contributed by atoms with van der Waals surface area (Å²) in [7, 11) is 3.09. The molecule has 0 unspecified atom stereocenters. The first-order chi connectivity index (χ1) is 17.4. The molecule has 36 heavy (non-hydrogen) atoms. The summed E-state index contributed by atoms with van der Waals surface area (Å²) in [6.07, 6.45) is 5.50. The fraction of sp³-hybridized carbons (Fsp3) is 0.379. The van der Waals surface area contributed by atoms with Crippen molar-refractivity contribution in [3.63, 3.8) is 0 Å². The lowest BCUT2D eigenvalue weighted by atomic mass is 9.97. The number of benzene rings is 2. The molecule has 7 nitrogen and oxygen atoms in total. The molecule has 0 radical (unpaired) electrons. The number of anilines is 1. The van der Waals surface area contributed by atoms with Gasteiger partial charge in [-0.05, 0) is 54.2 Å². The van der Waals surface area contributed by atoms with E-state index in [1.165, 1.54) is 18.3 Å². The quantitative estimate of drug-likeness (QED) is 0.406. The molecular weight excluding hydrogens is 456 g/mol. The van der Waals surface area contributed by atoms with Crippen molar-refractivity contribution >= 4 is 17.5 Å². The highest BCUT2D eigenvalue weighted by atomic mass is 16.5. The van der Waals surface area contributed by atoms with Gasteiger partial charge in [0.1, 0.15) is 6.04 Å². The molecule has 1 aliphatic carbocycles. The van der Waals surface area contributed by atoms with Gasteiger partial charge in [0, 0.05) is 17.8 Å². The molecule has 4 rings (SSSR count). The number of rotatable bonds is 9. The van der Waals surface area contributed by atoms with E-state index in [0.717, 1.165) is 31.2 Å². The third kappa shape index (κ3) is 5.40. The molecule has 0 bridgehead atoms. The fourth-order valence-electron chi connectivity index (χ4n) is 4.71. The van der Waals surface area contributed by atoms with Crippen molar-refractivity contribution in [2.45, 2.75) is 57.5 Å². The Kier molecular flexibility index (Phi) is 7.98. The van der Waals surface area contributed by atoms with Gasteiger partial charge in [-0.25, -0.2) is 0 Å². The van der Waals surface area contributed by atoms with Crippen LogP contribution in [0.4, 0.5) is 5.69 Å². The zero-order valence-corrected chi connectivity index (χ0v) is 21.3. The lowest BCUT2D eigenvalue weighted by Crippen LogP contribution is -2.46. The van der Waals surface area contributed by atoms with Crippen molar-refractivity contribution in [1.29, 1.82) is 0 Å². The number of hydrogen-bond donors (Lipinski definition) is 1. The van der Waals surface area contributed by atoms with Gasteiger partial charge >= 0.3 is 0 Å². The molecule has 1 atom stereocenters. The van der Waals surface area contributed by atoms with Crippen molar-refractivity contribution in [1.82, 2.24) is 5.32 Å². The number of ether oxygens (including phenoxy) is 2. The van der Waals surface area contributed by atoms with Crippen LogP contribution in [-0.2, 0) is 4.79 Å². The fourth-order valence-corrected chi connectivity index (χ4v) is 4.71. The van der Waals surface area contributed by atoms with Gasteiger partial charge in [-0.3, -0.25) is 14.5 Å². The van der Waals surface area contributed by atoms with Crippen molar-refractivity contribution < 1.29 is 23.5 Å². The van der Waals surface area contributed by atoms with Crippen molar-refractivity contribution in [2.24, 2.45) is 0 Å². The van der Waals surface area contributed by atoms with Crippen LogP contribution in [0.3, 0.4) is 0 Å². The van der Waals surface area contributed by atoms with Gasteiger partial charge in [-0.2, -0.15) is 0 Å². The molecule has 1 heterocycles. The van der Waals surface area contributed by atoms with E-state index < -0.39 is 11.9 Å². The van der Waals surface area contributed by atoms with Crippen LogP contribution in [0, 0.1) is 0 Å². The van der Waals surface area contributed by atoms with E-state index in [0.29, 0.717) is 28.7 Å². The summed E-state index contributed by atoms with van der Waals surface area (Å²) in [6.45, 7) is 4.24. The van der Waals surface area contributed by atoms with E-state index in [-0.39, 0.29) is 17.7 Å². The lowest BCUT2D eigenvalue weighted by molar-refractivity contribution is -0.123. The van der Waals surface area contributed by atoms with Gasteiger partial charge in [0.15, 0.2) is 17.3 Å². The Balaban J connectivity index is 1.84. The second-order valence-corrected chi connectivity index (χ2v) is 9.41. The Morgan fingerprint density at radius 3 is 2.19 bits per heavy atom. The molecule has 7 heteroatoms. The number of nitrogens with zero attached hydrogens (tertiary/aromatic N) is 1. The molecule has 1 N–H and O–H groups in total. The summed E-state index contributed by atoms with van der Waals surface area (Å²) in [6, 6.07) is 15.5. The van der Waals surface area contributed by atoms with Gasteiger partial charge in [0.25, 0.3) is 5.91 Å². The normalized spacial score (nSPS) is 14.5.